The van der Waals surface area contributed by atoms with Crippen molar-refractivity contribution in [2.24, 2.45) is 5.92 Å². The molecule has 2 amide bonds. The van der Waals surface area contributed by atoms with E-state index in [1.54, 1.807) is 25.3 Å². The fourth-order valence-corrected chi connectivity index (χ4v) is 3.48. The zero-order valence-corrected chi connectivity index (χ0v) is 14.6. The van der Waals surface area contributed by atoms with E-state index in [0.29, 0.717) is 29.7 Å². The van der Waals surface area contributed by atoms with Gasteiger partial charge in [-0.15, -0.1) is 12.4 Å². The number of nitrogens with zero attached hydrogens (tertiary/aromatic N) is 1. The first kappa shape index (κ1) is 18.4. The Morgan fingerprint density at radius 1 is 1.33 bits per heavy atom. The van der Waals surface area contributed by atoms with E-state index in [0.717, 1.165) is 12.8 Å². The van der Waals surface area contributed by atoms with E-state index in [-0.39, 0.29) is 36.6 Å². The minimum atomic E-state index is -0.311. The fraction of sp³-hybridized carbons (Fsp3) is 0.529. The lowest BCUT2D eigenvalue weighted by atomic mass is 10.1. The molecule has 6 nitrogen and oxygen atoms in total. The molecule has 132 valence electrons. The van der Waals surface area contributed by atoms with Gasteiger partial charge < -0.3 is 20.7 Å². The first-order valence-electron chi connectivity index (χ1n) is 8.12. The van der Waals surface area contributed by atoms with Gasteiger partial charge in [-0.3, -0.25) is 9.59 Å². The summed E-state index contributed by atoms with van der Waals surface area (Å²) < 4.78 is 5.15. The van der Waals surface area contributed by atoms with Crippen molar-refractivity contribution in [1.29, 1.82) is 0 Å². The fourth-order valence-electron chi connectivity index (χ4n) is 3.48. The SMILES string of the molecule is COc1ccc(N)c(NC(=O)C2CC(=O)N(C3CCCC3)C2)c1.Cl. The lowest BCUT2D eigenvalue weighted by molar-refractivity contribution is -0.129. The summed E-state index contributed by atoms with van der Waals surface area (Å²) in [4.78, 5) is 26.6. The van der Waals surface area contributed by atoms with Crippen molar-refractivity contribution in [3.8, 4) is 5.75 Å². The summed E-state index contributed by atoms with van der Waals surface area (Å²) in [5, 5.41) is 2.84. The topological polar surface area (TPSA) is 84.7 Å². The van der Waals surface area contributed by atoms with Gasteiger partial charge in [0.05, 0.1) is 24.4 Å². The monoisotopic (exact) mass is 353 g/mol. The second kappa shape index (κ2) is 7.75. The average molecular weight is 354 g/mol. The molecule has 1 aromatic rings. The second-order valence-electron chi connectivity index (χ2n) is 6.33. The first-order valence-corrected chi connectivity index (χ1v) is 8.12. The average Bonchev–Trinajstić information content (AvgIpc) is 3.18. The minimum absolute atomic E-state index is 0. The number of carbonyl (C=O) groups excluding carboxylic acids is 2. The Labute approximate surface area is 148 Å². The number of ether oxygens (including phenoxy) is 1. The molecule has 1 saturated carbocycles. The summed E-state index contributed by atoms with van der Waals surface area (Å²) in [6.45, 7) is 0.513. The number of carbonyl (C=O) groups is 2. The van der Waals surface area contributed by atoms with Crippen molar-refractivity contribution in [3.05, 3.63) is 18.2 Å². The van der Waals surface area contributed by atoms with E-state index in [4.69, 9.17) is 10.5 Å². The molecule has 24 heavy (non-hydrogen) atoms. The maximum absolute atomic E-state index is 12.5. The molecule has 2 aliphatic rings. The van der Waals surface area contributed by atoms with Crippen LogP contribution in [0.1, 0.15) is 32.1 Å². The van der Waals surface area contributed by atoms with Crippen LogP contribution in [0.2, 0.25) is 0 Å². The largest absolute Gasteiger partial charge is 0.497 e. The van der Waals surface area contributed by atoms with Gasteiger partial charge in [-0.1, -0.05) is 12.8 Å². The van der Waals surface area contributed by atoms with E-state index < -0.39 is 0 Å². The third-order valence-corrected chi connectivity index (χ3v) is 4.81. The normalized spacial score (nSPS) is 20.8. The molecular formula is C17H24ClN3O3. The number of hydrogen-bond acceptors (Lipinski definition) is 4. The van der Waals surface area contributed by atoms with E-state index >= 15 is 0 Å². The van der Waals surface area contributed by atoms with Crippen LogP contribution in [-0.4, -0.2) is 36.4 Å². The molecule has 2 fully saturated rings. The van der Waals surface area contributed by atoms with Gasteiger partial charge in [-0.25, -0.2) is 0 Å². The van der Waals surface area contributed by atoms with E-state index in [9.17, 15) is 9.59 Å². The quantitative estimate of drug-likeness (QED) is 0.814. The molecule has 3 rings (SSSR count). The van der Waals surface area contributed by atoms with Crippen LogP contribution in [0.4, 0.5) is 11.4 Å². The van der Waals surface area contributed by atoms with Gasteiger partial charge in [0.25, 0.3) is 0 Å². The number of methoxy groups -OCH3 is 1. The molecule has 1 atom stereocenters. The predicted octanol–water partition coefficient (Wildman–Crippen LogP) is 2.43. The molecule has 1 aliphatic carbocycles. The van der Waals surface area contributed by atoms with Crippen molar-refractivity contribution < 1.29 is 14.3 Å². The zero-order chi connectivity index (χ0) is 16.4. The van der Waals surface area contributed by atoms with Crippen LogP contribution in [0.5, 0.6) is 5.75 Å². The van der Waals surface area contributed by atoms with Crippen LogP contribution >= 0.6 is 12.4 Å². The number of anilines is 2. The smallest absolute Gasteiger partial charge is 0.229 e. The van der Waals surface area contributed by atoms with Crippen LogP contribution in [-0.2, 0) is 9.59 Å². The number of nitrogens with one attached hydrogen (secondary N) is 1. The molecule has 3 N–H and O–H groups in total. The van der Waals surface area contributed by atoms with Crippen LogP contribution in [0.3, 0.4) is 0 Å². The van der Waals surface area contributed by atoms with Gasteiger partial charge in [0.15, 0.2) is 0 Å². The third-order valence-electron chi connectivity index (χ3n) is 4.81. The van der Waals surface area contributed by atoms with Crippen molar-refractivity contribution in [1.82, 2.24) is 4.90 Å². The second-order valence-corrected chi connectivity index (χ2v) is 6.33. The van der Waals surface area contributed by atoms with Crippen LogP contribution < -0.4 is 15.8 Å². The number of likely N-dealkylation sites (tertiary alicyclic amines) is 1. The summed E-state index contributed by atoms with van der Waals surface area (Å²) in [7, 11) is 1.56. The minimum Gasteiger partial charge on any atom is -0.497 e. The molecule has 0 spiro atoms. The molecule has 1 unspecified atom stereocenters. The maximum Gasteiger partial charge on any atom is 0.229 e. The molecular weight excluding hydrogens is 330 g/mol. The van der Waals surface area contributed by atoms with Gasteiger partial charge in [0.2, 0.25) is 11.8 Å². The number of halogens is 1. The highest BCUT2D eigenvalue weighted by molar-refractivity contribution is 5.99. The van der Waals surface area contributed by atoms with Crippen LogP contribution in [0.25, 0.3) is 0 Å². The zero-order valence-electron chi connectivity index (χ0n) is 13.8. The van der Waals surface area contributed by atoms with Crippen molar-refractivity contribution in [2.45, 2.75) is 38.1 Å². The highest BCUT2D eigenvalue weighted by atomic mass is 35.5. The summed E-state index contributed by atoms with van der Waals surface area (Å²) in [6.07, 6.45) is 4.75. The number of rotatable bonds is 4. The first-order chi connectivity index (χ1) is 11.1. The number of nitrogens with two attached hydrogens (primary N) is 1. The van der Waals surface area contributed by atoms with E-state index in [1.807, 2.05) is 4.90 Å². The number of hydrogen-bond donors (Lipinski definition) is 2. The number of benzene rings is 1. The third kappa shape index (κ3) is 3.75. The summed E-state index contributed by atoms with van der Waals surface area (Å²) >= 11 is 0. The molecule has 0 bridgehead atoms. The number of nitrogen functional groups attached to an aromatic ring is 1. The summed E-state index contributed by atoms with van der Waals surface area (Å²) in [5.41, 5.74) is 6.91. The van der Waals surface area contributed by atoms with Crippen molar-refractivity contribution in [2.75, 3.05) is 24.7 Å². The highest BCUT2D eigenvalue weighted by Gasteiger charge is 2.38. The molecule has 7 heteroatoms. The standard InChI is InChI=1S/C17H23N3O3.ClH/c1-23-13-6-7-14(18)15(9-13)19-17(22)11-8-16(21)20(10-11)12-4-2-3-5-12;/h6-7,9,11-12H,2-5,8,10,18H2,1H3,(H,19,22);1H. The Bertz CT molecular complexity index is 617. The Morgan fingerprint density at radius 2 is 2.04 bits per heavy atom. The van der Waals surface area contributed by atoms with Gasteiger partial charge in [-0.05, 0) is 25.0 Å². The van der Waals surface area contributed by atoms with Crippen LogP contribution in [0.15, 0.2) is 18.2 Å². The highest BCUT2D eigenvalue weighted by Crippen LogP contribution is 2.31. The van der Waals surface area contributed by atoms with Gasteiger partial charge in [0, 0.05) is 25.1 Å². The van der Waals surface area contributed by atoms with E-state index in [2.05, 4.69) is 5.32 Å². The molecule has 0 radical (unpaired) electrons. The molecule has 1 aliphatic heterocycles. The van der Waals surface area contributed by atoms with Gasteiger partial charge in [-0.2, -0.15) is 0 Å². The maximum atomic E-state index is 12.5. The molecule has 0 aromatic heterocycles. The van der Waals surface area contributed by atoms with Gasteiger partial charge >= 0.3 is 0 Å². The predicted molar refractivity (Wildman–Crippen MR) is 95.4 cm³/mol. The molecule has 1 heterocycles. The van der Waals surface area contributed by atoms with Gasteiger partial charge in [0.1, 0.15) is 5.75 Å². The van der Waals surface area contributed by atoms with Crippen LogP contribution in [0, 0.1) is 5.92 Å². The lowest BCUT2D eigenvalue weighted by Crippen LogP contribution is -2.35. The molecule has 1 saturated heterocycles. The lowest BCUT2D eigenvalue weighted by Gasteiger charge is -2.24. The van der Waals surface area contributed by atoms with Crippen molar-refractivity contribution >= 4 is 35.6 Å². The Kier molecular flexibility index (Phi) is 5.94. The Morgan fingerprint density at radius 3 is 2.71 bits per heavy atom. The molecule has 1 aromatic carbocycles. The number of amides is 2. The van der Waals surface area contributed by atoms with Crippen molar-refractivity contribution in [3.63, 3.8) is 0 Å². The Balaban J connectivity index is 0.00000208. The summed E-state index contributed by atoms with van der Waals surface area (Å²) in [6, 6.07) is 5.45. The van der Waals surface area contributed by atoms with E-state index in [1.165, 1.54) is 12.8 Å². The Hall–Kier alpha value is -1.95. The summed E-state index contributed by atoms with van der Waals surface area (Å²) in [5.74, 6) is 0.257.